The summed E-state index contributed by atoms with van der Waals surface area (Å²) in [5.74, 6) is 0.895. The average molecular weight is 220 g/mol. The molecule has 2 N–H and O–H groups in total. The summed E-state index contributed by atoms with van der Waals surface area (Å²) in [4.78, 5) is 12.5. The van der Waals surface area contributed by atoms with Crippen LogP contribution in [-0.2, 0) is 4.79 Å². The van der Waals surface area contributed by atoms with Crippen LogP contribution in [0, 0.1) is 0 Å². The second kappa shape index (κ2) is 4.89. The van der Waals surface area contributed by atoms with Crippen LogP contribution in [0.2, 0.25) is 0 Å². The van der Waals surface area contributed by atoms with Crippen molar-refractivity contribution in [2.24, 2.45) is 0 Å². The molecular formula is C11H12N2OS. The summed E-state index contributed by atoms with van der Waals surface area (Å²) in [7, 11) is 0. The SMILES string of the molecule is O=C(Nc1ccccc1)C1=CNCCS1. The zero-order valence-corrected chi connectivity index (χ0v) is 9.01. The summed E-state index contributed by atoms with van der Waals surface area (Å²) in [6.45, 7) is 0.923. The molecule has 0 saturated heterocycles. The second-order valence-electron chi connectivity index (χ2n) is 3.13. The number of hydrogen-bond donors (Lipinski definition) is 2. The third-order valence-corrected chi connectivity index (χ3v) is 3.02. The van der Waals surface area contributed by atoms with Crippen LogP contribution in [0.25, 0.3) is 0 Å². The van der Waals surface area contributed by atoms with Gasteiger partial charge in [-0.2, -0.15) is 0 Å². The van der Waals surface area contributed by atoms with Crippen molar-refractivity contribution < 1.29 is 4.79 Å². The first-order chi connectivity index (χ1) is 7.36. The van der Waals surface area contributed by atoms with E-state index in [1.807, 2.05) is 30.3 Å². The van der Waals surface area contributed by atoms with Gasteiger partial charge in [0.15, 0.2) is 0 Å². The van der Waals surface area contributed by atoms with E-state index in [0.717, 1.165) is 22.9 Å². The third-order valence-electron chi connectivity index (χ3n) is 1.99. The number of benzene rings is 1. The minimum absolute atomic E-state index is 0.0431. The summed E-state index contributed by atoms with van der Waals surface area (Å²) in [5, 5.41) is 5.90. The topological polar surface area (TPSA) is 41.1 Å². The Balaban J connectivity index is 2.00. The van der Waals surface area contributed by atoms with Crippen LogP contribution in [0.15, 0.2) is 41.4 Å². The van der Waals surface area contributed by atoms with Crippen LogP contribution in [-0.4, -0.2) is 18.2 Å². The molecule has 78 valence electrons. The molecule has 0 spiro atoms. The van der Waals surface area contributed by atoms with Gasteiger partial charge in [0.2, 0.25) is 0 Å². The molecule has 0 atom stereocenters. The highest BCUT2D eigenvalue weighted by Gasteiger charge is 2.12. The average Bonchev–Trinajstić information content (AvgIpc) is 2.31. The van der Waals surface area contributed by atoms with Crippen LogP contribution in [0.4, 0.5) is 5.69 Å². The number of rotatable bonds is 2. The minimum Gasteiger partial charge on any atom is -0.389 e. The van der Waals surface area contributed by atoms with Gasteiger partial charge >= 0.3 is 0 Å². The van der Waals surface area contributed by atoms with E-state index in [2.05, 4.69) is 10.6 Å². The molecule has 1 aliphatic rings. The molecule has 0 aliphatic carbocycles. The van der Waals surface area contributed by atoms with Crippen LogP contribution >= 0.6 is 11.8 Å². The highest BCUT2D eigenvalue weighted by Crippen LogP contribution is 2.19. The molecule has 0 saturated carbocycles. The summed E-state index contributed by atoms with van der Waals surface area (Å²) in [6.07, 6.45) is 1.77. The second-order valence-corrected chi connectivity index (χ2v) is 4.27. The Morgan fingerprint density at radius 2 is 2.13 bits per heavy atom. The molecule has 4 heteroatoms. The van der Waals surface area contributed by atoms with Crippen LogP contribution in [0.3, 0.4) is 0 Å². The van der Waals surface area contributed by atoms with Gasteiger partial charge in [-0.15, -0.1) is 11.8 Å². The van der Waals surface area contributed by atoms with Gasteiger partial charge < -0.3 is 10.6 Å². The van der Waals surface area contributed by atoms with E-state index in [1.165, 1.54) is 0 Å². The molecule has 1 amide bonds. The lowest BCUT2D eigenvalue weighted by Gasteiger charge is -2.13. The molecule has 0 aromatic heterocycles. The number of anilines is 1. The molecule has 2 rings (SSSR count). The predicted molar refractivity (Wildman–Crippen MR) is 63.6 cm³/mol. The van der Waals surface area contributed by atoms with Crippen molar-refractivity contribution in [2.45, 2.75) is 0 Å². The van der Waals surface area contributed by atoms with Gasteiger partial charge in [-0.05, 0) is 12.1 Å². The Hall–Kier alpha value is -1.42. The smallest absolute Gasteiger partial charge is 0.263 e. The summed E-state index contributed by atoms with van der Waals surface area (Å²) >= 11 is 1.58. The van der Waals surface area contributed by atoms with Crippen molar-refractivity contribution in [1.29, 1.82) is 0 Å². The van der Waals surface area contributed by atoms with Gasteiger partial charge in [0.05, 0.1) is 4.91 Å². The number of thioether (sulfide) groups is 1. The van der Waals surface area contributed by atoms with Gasteiger partial charge in [0.1, 0.15) is 0 Å². The molecule has 0 fully saturated rings. The van der Waals surface area contributed by atoms with Crippen LogP contribution < -0.4 is 10.6 Å². The van der Waals surface area contributed by atoms with Gasteiger partial charge in [-0.3, -0.25) is 4.79 Å². The van der Waals surface area contributed by atoms with E-state index in [0.29, 0.717) is 0 Å². The summed E-state index contributed by atoms with van der Waals surface area (Å²) in [6, 6.07) is 9.47. The van der Waals surface area contributed by atoms with E-state index >= 15 is 0 Å². The lowest BCUT2D eigenvalue weighted by atomic mass is 10.3. The Labute approximate surface area is 92.9 Å². The third kappa shape index (κ3) is 2.76. The normalized spacial score (nSPS) is 15.1. The highest BCUT2D eigenvalue weighted by molar-refractivity contribution is 8.04. The first kappa shape index (κ1) is 10.1. The number of carbonyl (C=O) groups is 1. The van der Waals surface area contributed by atoms with Gasteiger partial charge in [-0.25, -0.2) is 0 Å². The first-order valence-corrected chi connectivity index (χ1v) is 5.77. The van der Waals surface area contributed by atoms with E-state index in [9.17, 15) is 4.79 Å². The number of carbonyl (C=O) groups excluding carboxylic acids is 1. The lowest BCUT2D eigenvalue weighted by molar-refractivity contribution is -0.112. The molecule has 1 aliphatic heterocycles. The fourth-order valence-electron chi connectivity index (χ4n) is 1.27. The number of amides is 1. The van der Waals surface area contributed by atoms with Gasteiger partial charge in [0, 0.05) is 24.2 Å². The number of para-hydroxylation sites is 1. The molecule has 0 unspecified atom stereocenters. The van der Waals surface area contributed by atoms with Gasteiger partial charge in [-0.1, -0.05) is 18.2 Å². The van der Waals surface area contributed by atoms with Crippen molar-refractivity contribution in [2.75, 3.05) is 17.6 Å². The largest absolute Gasteiger partial charge is 0.389 e. The molecule has 1 aromatic carbocycles. The van der Waals surface area contributed by atoms with Crippen molar-refractivity contribution >= 4 is 23.4 Å². The monoisotopic (exact) mass is 220 g/mol. The number of hydrogen-bond acceptors (Lipinski definition) is 3. The Morgan fingerprint density at radius 3 is 2.80 bits per heavy atom. The lowest BCUT2D eigenvalue weighted by Crippen LogP contribution is -2.21. The predicted octanol–water partition coefficient (Wildman–Crippen LogP) is 1.80. The Morgan fingerprint density at radius 1 is 1.33 bits per heavy atom. The molecule has 0 radical (unpaired) electrons. The van der Waals surface area contributed by atoms with Crippen LogP contribution in [0.5, 0.6) is 0 Å². The van der Waals surface area contributed by atoms with Crippen molar-refractivity contribution in [3.05, 3.63) is 41.4 Å². The zero-order chi connectivity index (χ0) is 10.5. The Kier molecular flexibility index (Phi) is 3.29. The quantitative estimate of drug-likeness (QED) is 0.798. The maximum Gasteiger partial charge on any atom is 0.263 e. The molecule has 3 nitrogen and oxygen atoms in total. The maximum absolute atomic E-state index is 11.7. The fraction of sp³-hybridized carbons (Fsp3) is 0.182. The molecule has 15 heavy (non-hydrogen) atoms. The van der Waals surface area contributed by atoms with E-state index in [-0.39, 0.29) is 5.91 Å². The van der Waals surface area contributed by atoms with Crippen LogP contribution in [0.1, 0.15) is 0 Å². The Bertz CT molecular complexity index is 375. The zero-order valence-electron chi connectivity index (χ0n) is 8.19. The fourth-order valence-corrected chi connectivity index (χ4v) is 2.06. The molecular weight excluding hydrogens is 208 g/mol. The van der Waals surface area contributed by atoms with E-state index in [1.54, 1.807) is 18.0 Å². The summed E-state index contributed by atoms with van der Waals surface area (Å²) < 4.78 is 0. The molecule has 1 aromatic rings. The van der Waals surface area contributed by atoms with Crippen molar-refractivity contribution in [1.82, 2.24) is 5.32 Å². The number of nitrogens with one attached hydrogen (secondary N) is 2. The summed E-state index contributed by atoms with van der Waals surface area (Å²) in [5.41, 5.74) is 0.828. The van der Waals surface area contributed by atoms with Crippen molar-refractivity contribution in [3.63, 3.8) is 0 Å². The first-order valence-electron chi connectivity index (χ1n) is 4.79. The minimum atomic E-state index is -0.0431. The molecule has 0 bridgehead atoms. The molecule has 1 heterocycles. The van der Waals surface area contributed by atoms with E-state index < -0.39 is 0 Å². The standard InChI is InChI=1S/C11H12N2OS/c14-11(10-8-12-6-7-15-10)13-9-4-2-1-3-5-9/h1-5,8,12H,6-7H2,(H,13,14). The van der Waals surface area contributed by atoms with Crippen molar-refractivity contribution in [3.8, 4) is 0 Å². The highest BCUT2D eigenvalue weighted by atomic mass is 32.2. The maximum atomic E-state index is 11.7. The van der Waals surface area contributed by atoms with Gasteiger partial charge in [0.25, 0.3) is 5.91 Å². The van der Waals surface area contributed by atoms with E-state index in [4.69, 9.17) is 0 Å².